The number of nitrogens with zero attached hydrogens (tertiary/aromatic N) is 2. The van der Waals surface area contributed by atoms with Crippen LogP contribution in [0.25, 0.3) is 0 Å². The van der Waals surface area contributed by atoms with Crippen molar-refractivity contribution in [2.24, 2.45) is 0 Å². The molecule has 3 nitrogen and oxygen atoms in total. The molecule has 0 atom stereocenters. The molecule has 0 aliphatic rings. The van der Waals surface area contributed by atoms with Crippen molar-refractivity contribution in [3.8, 4) is 11.3 Å². The van der Waals surface area contributed by atoms with Gasteiger partial charge in [0, 0.05) is 11.1 Å². The monoisotopic (exact) mass is 154 g/mol. The van der Waals surface area contributed by atoms with E-state index in [1.807, 2.05) is 6.07 Å². The first-order valence-electron chi connectivity index (χ1n) is 2.72. The number of thiazole rings is 1. The molecular weight excluding hydrogens is 148 g/mol. The zero-order valence-electron chi connectivity index (χ0n) is 5.50. The maximum Gasteiger partial charge on any atom is 0.273 e. The van der Waals surface area contributed by atoms with Crippen LogP contribution in [0.15, 0.2) is 6.20 Å². The summed E-state index contributed by atoms with van der Waals surface area (Å²) in [4.78, 5) is 4.84. The molecule has 0 aliphatic carbocycles. The van der Waals surface area contributed by atoms with Gasteiger partial charge in [0.1, 0.15) is 0 Å². The molecule has 0 saturated heterocycles. The standard InChI is InChI=1S/C6H6N2OS/c1-9-6-8-4-5(10-6)2-3-7/h4H,2H2,1H3. The first-order valence-corrected chi connectivity index (χ1v) is 3.54. The number of hydrogen-bond acceptors (Lipinski definition) is 4. The van der Waals surface area contributed by atoms with E-state index in [9.17, 15) is 0 Å². The lowest BCUT2D eigenvalue weighted by Crippen LogP contribution is -1.76. The summed E-state index contributed by atoms with van der Waals surface area (Å²) >= 11 is 1.40. The Morgan fingerprint density at radius 1 is 1.90 bits per heavy atom. The van der Waals surface area contributed by atoms with Crippen molar-refractivity contribution in [1.29, 1.82) is 5.26 Å². The van der Waals surface area contributed by atoms with Crippen LogP contribution < -0.4 is 4.74 Å². The number of nitriles is 1. The Morgan fingerprint density at radius 3 is 3.20 bits per heavy atom. The molecule has 1 heterocycles. The summed E-state index contributed by atoms with van der Waals surface area (Å²) in [6.07, 6.45) is 2.08. The lowest BCUT2D eigenvalue weighted by molar-refractivity contribution is 0.412. The molecule has 0 spiro atoms. The summed E-state index contributed by atoms with van der Waals surface area (Å²) in [6, 6.07) is 2.04. The summed E-state index contributed by atoms with van der Waals surface area (Å²) in [5.41, 5.74) is 0. The van der Waals surface area contributed by atoms with Gasteiger partial charge in [-0.2, -0.15) is 5.26 Å². The van der Waals surface area contributed by atoms with Crippen LogP contribution in [-0.4, -0.2) is 12.1 Å². The molecule has 0 amide bonds. The Balaban J connectivity index is 2.70. The molecule has 0 radical (unpaired) electrons. The Kier molecular flexibility index (Phi) is 2.24. The van der Waals surface area contributed by atoms with Gasteiger partial charge in [0.2, 0.25) is 0 Å². The molecule has 0 saturated carbocycles. The zero-order valence-corrected chi connectivity index (χ0v) is 6.31. The normalized spacial score (nSPS) is 8.80. The van der Waals surface area contributed by atoms with Crippen LogP contribution in [0.5, 0.6) is 5.19 Å². The molecule has 1 rings (SSSR count). The Labute approximate surface area is 62.9 Å². The minimum absolute atomic E-state index is 0.418. The predicted molar refractivity (Wildman–Crippen MR) is 38.0 cm³/mol. The number of methoxy groups -OCH3 is 1. The third-order valence-corrected chi connectivity index (χ3v) is 1.92. The highest BCUT2D eigenvalue weighted by molar-refractivity contribution is 7.13. The molecule has 52 valence electrons. The van der Waals surface area contributed by atoms with E-state index in [0.717, 1.165) is 4.88 Å². The van der Waals surface area contributed by atoms with Gasteiger partial charge in [-0.1, -0.05) is 11.3 Å². The average molecular weight is 154 g/mol. The van der Waals surface area contributed by atoms with Crippen molar-refractivity contribution in [3.63, 3.8) is 0 Å². The van der Waals surface area contributed by atoms with Gasteiger partial charge in [-0.05, 0) is 0 Å². The fourth-order valence-electron chi connectivity index (χ4n) is 0.544. The molecule has 0 unspecified atom stereocenters. The molecule has 1 aromatic rings. The van der Waals surface area contributed by atoms with Crippen LogP contribution in [0.1, 0.15) is 4.88 Å². The smallest absolute Gasteiger partial charge is 0.273 e. The number of hydrogen-bond donors (Lipinski definition) is 0. The van der Waals surface area contributed by atoms with E-state index in [4.69, 9.17) is 10.00 Å². The third kappa shape index (κ3) is 1.45. The lowest BCUT2D eigenvalue weighted by Gasteiger charge is -1.85. The molecule has 4 heteroatoms. The molecule has 0 aromatic carbocycles. The van der Waals surface area contributed by atoms with Crippen molar-refractivity contribution in [1.82, 2.24) is 4.98 Å². The van der Waals surface area contributed by atoms with Gasteiger partial charge in [0.15, 0.2) is 0 Å². The zero-order chi connectivity index (χ0) is 7.40. The van der Waals surface area contributed by atoms with Gasteiger partial charge >= 0.3 is 0 Å². The Morgan fingerprint density at radius 2 is 2.70 bits per heavy atom. The summed E-state index contributed by atoms with van der Waals surface area (Å²) in [7, 11) is 1.56. The fraction of sp³-hybridized carbons (Fsp3) is 0.333. The minimum atomic E-state index is 0.418. The van der Waals surface area contributed by atoms with Gasteiger partial charge in [0.05, 0.1) is 19.6 Å². The van der Waals surface area contributed by atoms with Crippen LogP contribution in [0.4, 0.5) is 0 Å². The second-order valence-corrected chi connectivity index (χ2v) is 2.71. The second-order valence-electron chi connectivity index (χ2n) is 1.63. The van der Waals surface area contributed by atoms with E-state index in [0.29, 0.717) is 11.6 Å². The van der Waals surface area contributed by atoms with Gasteiger partial charge in [-0.15, -0.1) is 0 Å². The van der Waals surface area contributed by atoms with E-state index < -0.39 is 0 Å². The second kappa shape index (κ2) is 3.18. The highest BCUT2D eigenvalue weighted by atomic mass is 32.1. The van der Waals surface area contributed by atoms with Crippen molar-refractivity contribution in [3.05, 3.63) is 11.1 Å². The van der Waals surface area contributed by atoms with Crippen LogP contribution in [0.2, 0.25) is 0 Å². The molecule has 0 N–H and O–H groups in total. The highest BCUT2D eigenvalue weighted by Gasteiger charge is 1.98. The van der Waals surface area contributed by atoms with Crippen LogP contribution in [0, 0.1) is 11.3 Å². The molecule has 0 bridgehead atoms. The summed E-state index contributed by atoms with van der Waals surface area (Å²) in [5, 5.41) is 8.91. The topological polar surface area (TPSA) is 45.9 Å². The molecule has 0 fully saturated rings. The van der Waals surface area contributed by atoms with E-state index in [1.165, 1.54) is 11.3 Å². The molecular formula is C6H6N2OS. The van der Waals surface area contributed by atoms with Crippen molar-refractivity contribution in [2.45, 2.75) is 6.42 Å². The first-order chi connectivity index (χ1) is 4.86. The number of aromatic nitrogens is 1. The molecule has 10 heavy (non-hydrogen) atoms. The first kappa shape index (κ1) is 7.03. The summed E-state index contributed by atoms with van der Waals surface area (Å²) in [5.74, 6) is 0. The lowest BCUT2D eigenvalue weighted by atomic mass is 10.4. The minimum Gasteiger partial charge on any atom is -0.473 e. The molecule has 1 aromatic heterocycles. The van der Waals surface area contributed by atoms with E-state index in [-0.39, 0.29) is 0 Å². The largest absolute Gasteiger partial charge is 0.473 e. The molecule has 0 aliphatic heterocycles. The third-order valence-electron chi connectivity index (χ3n) is 0.960. The number of ether oxygens (including phenoxy) is 1. The van der Waals surface area contributed by atoms with Gasteiger partial charge in [-0.3, -0.25) is 0 Å². The average Bonchev–Trinajstić information content (AvgIpc) is 2.37. The Bertz CT molecular complexity index is 250. The van der Waals surface area contributed by atoms with Gasteiger partial charge in [0.25, 0.3) is 5.19 Å². The maximum absolute atomic E-state index is 8.29. The van der Waals surface area contributed by atoms with E-state index >= 15 is 0 Å². The van der Waals surface area contributed by atoms with Crippen molar-refractivity contribution >= 4 is 11.3 Å². The van der Waals surface area contributed by atoms with E-state index in [1.54, 1.807) is 13.3 Å². The fourth-order valence-corrected chi connectivity index (χ4v) is 1.20. The maximum atomic E-state index is 8.29. The SMILES string of the molecule is COc1ncc(CC#N)s1. The van der Waals surface area contributed by atoms with Crippen LogP contribution >= 0.6 is 11.3 Å². The highest BCUT2D eigenvalue weighted by Crippen LogP contribution is 2.19. The summed E-state index contributed by atoms with van der Waals surface area (Å²) in [6.45, 7) is 0. The van der Waals surface area contributed by atoms with E-state index in [2.05, 4.69) is 4.98 Å². The van der Waals surface area contributed by atoms with Crippen LogP contribution in [0.3, 0.4) is 0 Å². The van der Waals surface area contributed by atoms with Crippen molar-refractivity contribution in [2.75, 3.05) is 7.11 Å². The van der Waals surface area contributed by atoms with Crippen LogP contribution in [-0.2, 0) is 6.42 Å². The van der Waals surface area contributed by atoms with Gasteiger partial charge in [-0.25, -0.2) is 4.98 Å². The van der Waals surface area contributed by atoms with Crippen molar-refractivity contribution < 1.29 is 4.74 Å². The number of rotatable bonds is 2. The summed E-state index contributed by atoms with van der Waals surface area (Å²) < 4.78 is 4.84. The predicted octanol–water partition coefficient (Wildman–Crippen LogP) is 1.22. The van der Waals surface area contributed by atoms with Gasteiger partial charge < -0.3 is 4.74 Å². The quantitative estimate of drug-likeness (QED) is 0.643. The Hall–Kier alpha value is -1.08.